The summed E-state index contributed by atoms with van der Waals surface area (Å²) in [6.07, 6.45) is 8.62. The molecule has 1 fully saturated rings. The molecule has 1 aliphatic rings. The molecule has 2 unspecified atom stereocenters. The lowest BCUT2D eigenvalue weighted by Crippen LogP contribution is -2.56. The van der Waals surface area contributed by atoms with Crippen LogP contribution in [0.3, 0.4) is 0 Å². The highest BCUT2D eigenvalue weighted by Crippen LogP contribution is 2.12. The molecule has 1 rings (SSSR count). The van der Waals surface area contributed by atoms with Crippen molar-refractivity contribution in [2.75, 3.05) is 19.6 Å². The van der Waals surface area contributed by atoms with Crippen molar-refractivity contribution in [3.63, 3.8) is 0 Å². The molecule has 1 aliphatic heterocycles. The van der Waals surface area contributed by atoms with E-state index in [1.165, 1.54) is 12.8 Å². The molecule has 14 heavy (non-hydrogen) atoms. The summed E-state index contributed by atoms with van der Waals surface area (Å²) in [5, 5.41) is 3.58. The summed E-state index contributed by atoms with van der Waals surface area (Å²) in [6, 6.07) is 1.35. The van der Waals surface area contributed by atoms with Crippen molar-refractivity contribution in [1.29, 1.82) is 0 Å². The van der Waals surface area contributed by atoms with Gasteiger partial charge in [0.1, 0.15) is 0 Å². The van der Waals surface area contributed by atoms with Gasteiger partial charge in [0.15, 0.2) is 0 Å². The molecule has 2 nitrogen and oxygen atoms in total. The molecule has 0 aromatic carbocycles. The zero-order valence-electron chi connectivity index (χ0n) is 9.42. The van der Waals surface area contributed by atoms with E-state index >= 15 is 0 Å². The van der Waals surface area contributed by atoms with Crippen molar-refractivity contribution in [3.8, 4) is 12.3 Å². The van der Waals surface area contributed by atoms with Gasteiger partial charge in [0, 0.05) is 38.1 Å². The minimum Gasteiger partial charge on any atom is -0.311 e. The fraction of sp³-hybridized carbons (Fsp3) is 0.833. The standard InChI is InChI=1S/C12H22N2/c1-4-7-8-14-10-11(5-2)13-9-12(14)6-3/h1,11-13H,5-10H2,2-3H3. The lowest BCUT2D eigenvalue weighted by atomic mass is 10.1. The molecular formula is C12H22N2. The largest absolute Gasteiger partial charge is 0.311 e. The van der Waals surface area contributed by atoms with Crippen molar-refractivity contribution >= 4 is 0 Å². The SMILES string of the molecule is C#CCCN1CC(CC)NCC1CC. The minimum atomic E-state index is 0.663. The third-order valence-electron chi connectivity index (χ3n) is 3.12. The summed E-state index contributed by atoms with van der Waals surface area (Å²) in [5.41, 5.74) is 0. The molecule has 0 bridgehead atoms. The van der Waals surface area contributed by atoms with E-state index in [1.54, 1.807) is 0 Å². The van der Waals surface area contributed by atoms with E-state index in [9.17, 15) is 0 Å². The van der Waals surface area contributed by atoms with E-state index in [-0.39, 0.29) is 0 Å². The predicted molar refractivity (Wildman–Crippen MR) is 61.2 cm³/mol. The molecule has 0 saturated carbocycles. The molecule has 0 aromatic rings. The average Bonchev–Trinajstić information content (AvgIpc) is 2.25. The normalized spacial score (nSPS) is 28.6. The van der Waals surface area contributed by atoms with Gasteiger partial charge in [-0.2, -0.15) is 0 Å². The van der Waals surface area contributed by atoms with Gasteiger partial charge < -0.3 is 5.32 Å². The van der Waals surface area contributed by atoms with Gasteiger partial charge in [-0.05, 0) is 12.8 Å². The van der Waals surface area contributed by atoms with Crippen molar-refractivity contribution in [1.82, 2.24) is 10.2 Å². The Hall–Kier alpha value is -0.520. The van der Waals surface area contributed by atoms with E-state index in [0.717, 1.165) is 26.1 Å². The minimum absolute atomic E-state index is 0.663. The predicted octanol–water partition coefficient (Wildman–Crippen LogP) is 1.47. The zero-order valence-corrected chi connectivity index (χ0v) is 9.42. The first-order chi connectivity index (χ1) is 6.81. The van der Waals surface area contributed by atoms with Crippen molar-refractivity contribution < 1.29 is 0 Å². The van der Waals surface area contributed by atoms with Gasteiger partial charge in [0.25, 0.3) is 0 Å². The highest BCUT2D eigenvalue weighted by atomic mass is 15.2. The van der Waals surface area contributed by atoms with E-state index in [4.69, 9.17) is 6.42 Å². The number of nitrogens with one attached hydrogen (secondary N) is 1. The molecule has 1 saturated heterocycles. The first-order valence-corrected chi connectivity index (χ1v) is 5.72. The molecule has 1 N–H and O–H groups in total. The van der Waals surface area contributed by atoms with Gasteiger partial charge in [-0.1, -0.05) is 13.8 Å². The van der Waals surface area contributed by atoms with Crippen LogP contribution in [0.15, 0.2) is 0 Å². The quantitative estimate of drug-likeness (QED) is 0.682. The summed E-state index contributed by atoms with van der Waals surface area (Å²) in [6.45, 7) is 7.84. The second-order valence-electron chi connectivity index (χ2n) is 4.02. The van der Waals surface area contributed by atoms with E-state index in [0.29, 0.717) is 12.1 Å². The Balaban J connectivity index is 2.43. The summed E-state index contributed by atoms with van der Waals surface area (Å²) in [7, 11) is 0. The van der Waals surface area contributed by atoms with Crippen LogP contribution < -0.4 is 5.32 Å². The van der Waals surface area contributed by atoms with Crippen molar-refractivity contribution in [2.24, 2.45) is 0 Å². The maximum atomic E-state index is 5.31. The Morgan fingerprint density at radius 1 is 1.43 bits per heavy atom. The lowest BCUT2D eigenvalue weighted by Gasteiger charge is -2.39. The van der Waals surface area contributed by atoms with E-state index < -0.39 is 0 Å². The van der Waals surface area contributed by atoms with Gasteiger partial charge in [0.05, 0.1) is 0 Å². The van der Waals surface area contributed by atoms with Crippen LogP contribution in [-0.4, -0.2) is 36.6 Å². The number of hydrogen-bond donors (Lipinski definition) is 1. The monoisotopic (exact) mass is 194 g/mol. The summed E-state index contributed by atoms with van der Waals surface area (Å²) >= 11 is 0. The Morgan fingerprint density at radius 2 is 2.21 bits per heavy atom. The Labute approximate surface area is 88.1 Å². The fourth-order valence-electron chi connectivity index (χ4n) is 2.09. The number of rotatable bonds is 4. The highest BCUT2D eigenvalue weighted by molar-refractivity contribution is 4.89. The van der Waals surface area contributed by atoms with Crippen LogP contribution in [0.2, 0.25) is 0 Å². The van der Waals surface area contributed by atoms with Gasteiger partial charge >= 0.3 is 0 Å². The Morgan fingerprint density at radius 3 is 2.79 bits per heavy atom. The van der Waals surface area contributed by atoms with Crippen LogP contribution in [0.5, 0.6) is 0 Å². The molecule has 2 atom stereocenters. The van der Waals surface area contributed by atoms with E-state index in [2.05, 4.69) is 30.0 Å². The topological polar surface area (TPSA) is 15.3 Å². The van der Waals surface area contributed by atoms with Crippen LogP contribution >= 0.6 is 0 Å². The number of hydrogen-bond acceptors (Lipinski definition) is 2. The van der Waals surface area contributed by atoms with Crippen LogP contribution in [-0.2, 0) is 0 Å². The van der Waals surface area contributed by atoms with Crippen LogP contribution in [0, 0.1) is 12.3 Å². The average molecular weight is 194 g/mol. The molecular weight excluding hydrogens is 172 g/mol. The summed E-state index contributed by atoms with van der Waals surface area (Å²) in [5.74, 6) is 2.73. The van der Waals surface area contributed by atoms with Crippen molar-refractivity contribution in [3.05, 3.63) is 0 Å². The molecule has 0 aliphatic carbocycles. The Kier molecular flexibility index (Phi) is 5.00. The summed E-state index contributed by atoms with van der Waals surface area (Å²) in [4.78, 5) is 2.55. The number of terminal acetylenes is 1. The smallest absolute Gasteiger partial charge is 0.0219 e. The maximum Gasteiger partial charge on any atom is 0.0219 e. The molecule has 0 spiro atoms. The third kappa shape index (κ3) is 3.01. The number of nitrogens with zero attached hydrogens (tertiary/aromatic N) is 1. The van der Waals surface area contributed by atoms with Crippen LogP contribution in [0.4, 0.5) is 0 Å². The van der Waals surface area contributed by atoms with Gasteiger partial charge in [-0.15, -0.1) is 12.3 Å². The number of piperazine rings is 1. The fourth-order valence-corrected chi connectivity index (χ4v) is 2.09. The van der Waals surface area contributed by atoms with E-state index in [1.807, 2.05) is 0 Å². The van der Waals surface area contributed by atoms with Gasteiger partial charge in [-0.3, -0.25) is 4.90 Å². The van der Waals surface area contributed by atoms with Crippen LogP contribution in [0.25, 0.3) is 0 Å². The van der Waals surface area contributed by atoms with Gasteiger partial charge in [-0.25, -0.2) is 0 Å². The second kappa shape index (κ2) is 6.06. The first kappa shape index (κ1) is 11.6. The zero-order chi connectivity index (χ0) is 10.4. The highest BCUT2D eigenvalue weighted by Gasteiger charge is 2.24. The first-order valence-electron chi connectivity index (χ1n) is 5.72. The van der Waals surface area contributed by atoms with Crippen molar-refractivity contribution in [2.45, 2.75) is 45.2 Å². The molecule has 2 heteroatoms. The Bertz CT molecular complexity index is 195. The molecule has 80 valence electrons. The summed E-state index contributed by atoms with van der Waals surface area (Å²) < 4.78 is 0. The molecule has 0 aromatic heterocycles. The molecule has 0 amide bonds. The third-order valence-corrected chi connectivity index (χ3v) is 3.12. The molecule has 0 radical (unpaired) electrons. The maximum absolute atomic E-state index is 5.31. The lowest BCUT2D eigenvalue weighted by molar-refractivity contribution is 0.128. The molecule has 1 heterocycles. The van der Waals surface area contributed by atoms with Crippen LogP contribution in [0.1, 0.15) is 33.1 Å². The second-order valence-corrected chi connectivity index (χ2v) is 4.02. The van der Waals surface area contributed by atoms with Gasteiger partial charge in [0.2, 0.25) is 0 Å².